The number of carbonyl (C=O) groups excluding carboxylic acids is 1. The number of aryl methyl sites for hydroxylation is 1. The first-order valence-corrected chi connectivity index (χ1v) is 8.95. The number of nitrogens with one attached hydrogen (secondary N) is 1. The Hall–Kier alpha value is -0.390. The number of nitrogens with zero attached hydrogens (tertiary/aromatic N) is 1. The van der Waals surface area contributed by atoms with Gasteiger partial charge in [-0.05, 0) is 55.1 Å². The SMILES string of the molecule is CCc1sc(C(=O)NC2CCN(C(C)C)CC2)cc1Br. The van der Waals surface area contributed by atoms with Crippen molar-refractivity contribution >= 4 is 33.2 Å². The van der Waals surface area contributed by atoms with Gasteiger partial charge in [-0.25, -0.2) is 0 Å². The van der Waals surface area contributed by atoms with E-state index in [-0.39, 0.29) is 5.91 Å². The van der Waals surface area contributed by atoms with Crippen LogP contribution in [0.3, 0.4) is 0 Å². The Kier molecular flexibility index (Phi) is 5.64. The van der Waals surface area contributed by atoms with Crippen molar-refractivity contribution in [2.24, 2.45) is 0 Å². The van der Waals surface area contributed by atoms with E-state index in [0.29, 0.717) is 12.1 Å². The van der Waals surface area contributed by atoms with E-state index < -0.39 is 0 Å². The Morgan fingerprint density at radius 3 is 2.65 bits per heavy atom. The number of likely N-dealkylation sites (tertiary alicyclic amines) is 1. The van der Waals surface area contributed by atoms with E-state index in [1.807, 2.05) is 6.07 Å². The van der Waals surface area contributed by atoms with Crippen molar-refractivity contribution < 1.29 is 4.79 Å². The van der Waals surface area contributed by atoms with E-state index in [2.05, 4.69) is 46.9 Å². The fourth-order valence-corrected chi connectivity index (χ4v) is 4.37. The number of halogens is 1. The fraction of sp³-hybridized carbons (Fsp3) is 0.667. The minimum atomic E-state index is 0.0818. The molecule has 1 aromatic rings. The van der Waals surface area contributed by atoms with Crippen LogP contribution in [0.1, 0.15) is 48.2 Å². The van der Waals surface area contributed by atoms with Crippen molar-refractivity contribution in [2.45, 2.75) is 52.1 Å². The van der Waals surface area contributed by atoms with Crippen LogP contribution >= 0.6 is 27.3 Å². The molecule has 1 amide bonds. The highest BCUT2D eigenvalue weighted by Crippen LogP contribution is 2.28. The van der Waals surface area contributed by atoms with Crippen LogP contribution in [0.15, 0.2) is 10.5 Å². The first-order chi connectivity index (χ1) is 9.51. The molecule has 112 valence electrons. The predicted molar refractivity (Wildman–Crippen MR) is 88.6 cm³/mol. The summed E-state index contributed by atoms with van der Waals surface area (Å²) < 4.78 is 1.06. The van der Waals surface area contributed by atoms with Crippen LogP contribution in [0, 0.1) is 0 Å². The van der Waals surface area contributed by atoms with Gasteiger partial charge in [-0.1, -0.05) is 6.92 Å². The summed E-state index contributed by atoms with van der Waals surface area (Å²) in [6.07, 6.45) is 3.07. The zero-order valence-corrected chi connectivity index (χ0v) is 14.8. The molecule has 0 unspecified atom stereocenters. The maximum Gasteiger partial charge on any atom is 0.261 e. The first kappa shape index (κ1) is 16.0. The number of piperidine rings is 1. The normalized spacial score (nSPS) is 17.6. The number of hydrogen-bond donors (Lipinski definition) is 1. The second-order valence-electron chi connectivity index (χ2n) is 5.61. The summed E-state index contributed by atoms with van der Waals surface area (Å²) in [5.74, 6) is 0.0818. The van der Waals surface area contributed by atoms with Crippen LogP contribution in [-0.2, 0) is 6.42 Å². The highest BCUT2D eigenvalue weighted by atomic mass is 79.9. The number of hydrogen-bond acceptors (Lipinski definition) is 3. The average molecular weight is 359 g/mol. The predicted octanol–water partition coefficient (Wildman–Crippen LogP) is 3.68. The van der Waals surface area contributed by atoms with Crippen molar-refractivity contribution in [3.63, 3.8) is 0 Å². The molecule has 1 saturated heterocycles. The van der Waals surface area contributed by atoms with Gasteiger partial charge in [-0.2, -0.15) is 0 Å². The summed E-state index contributed by atoms with van der Waals surface area (Å²) >= 11 is 5.11. The van der Waals surface area contributed by atoms with Crippen molar-refractivity contribution in [3.05, 3.63) is 20.3 Å². The molecule has 0 bridgehead atoms. The summed E-state index contributed by atoms with van der Waals surface area (Å²) in [7, 11) is 0. The Balaban J connectivity index is 1.89. The lowest BCUT2D eigenvalue weighted by Gasteiger charge is -2.34. The standard InChI is InChI=1S/C15H23BrN2OS/c1-4-13-12(16)9-14(20-13)15(19)17-11-5-7-18(8-6-11)10(2)3/h9-11H,4-8H2,1-3H3,(H,17,19). The van der Waals surface area contributed by atoms with Crippen LogP contribution < -0.4 is 5.32 Å². The summed E-state index contributed by atoms with van der Waals surface area (Å²) in [5, 5.41) is 3.18. The van der Waals surface area contributed by atoms with Crippen molar-refractivity contribution in [1.82, 2.24) is 10.2 Å². The third kappa shape index (κ3) is 3.83. The van der Waals surface area contributed by atoms with Gasteiger partial charge in [0.15, 0.2) is 0 Å². The van der Waals surface area contributed by atoms with Gasteiger partial charge < -0.3 is 10.2 Å². The van der Waals surface area contributed by atoms with Crippen molar-refractivity contribution in [1.29, 1.82) is 0 Å². The maximum absolute atomic E-state index is 12.3. The van der Waals surface area contributed by atoms with Gasteiger partial charge in [0.1, 0.15) is 0 Å². The number of thiophene rings is 1. The summed E-state index contributed by atoms with van der Waals surface area (Å²) in [6.45, 7) is 8.73. The van der Waals surface area contributed by atoms with E-state index >= 15 is 0 Å². The molecule has 0 aliphatic carbocycles. The minimum Gasteiger partial charge on any atom is -0.349 e. The molecular weight excluding hydrogens is 336 g/mol. The highest BCUT2D eigenvalue weighted by molar-refractivity contribution is 9.10. The fourth-order valence-electron chi connectivity index (χ4n) is 2.58. The second-order valence-corrected chi connectivity index (χ2v) is 7.60. The van der Waals surface area contributed by atoms with E-state index in [1.54, 1.807) is 11.3 Å². The van der Waals surface area contributed by atoms with Crippen LogP contribution in [0.2, 0.25) is 0 Å². The second kappa shape index (κ2) is 7.05. The molecular formula is C15H23BrN2OS. The molecule has 1 fully saturated rings. The lowest BCUT2D eigenvalue weighted by atomic mass is 10.0. The quantitative estimate of drug-likeness (QED) is 0.890. The zero-order valence-electron chi connectivity index (χ0n) is 12.4. The van der Waals surface area contributed by atoms with Gasteiger partial charge in [-0.15, -0.1) is 11.3 Å². The van der Waals surface area contributed by atoms with E-state index in [4.69, 9.17) is 0 Å². The third-order valence-corrected chi connectivity index (χ3v) is 6.15. The molecule has 3 nitrogen and oxygen atoms in total. The van der Waals surface area contributed by atoms with Gasteiger partial charge >= 0.3 is 0 Å². The molecule has 1 N–H and O–H groups in total. The molecule has 0 atom stereocenters. The largest absolute Gasteiger partial charge is 0.349 e. The molecule has 0 radical (unpaired) electrons. The first-order valence-electron chi connectivity index (χ1n) is 7.34. The van der Waals surface area contributed by atoms with Gasteiger partial charge in [0.25, 0.3) is 5.91 Å². The Morgan fingerprint density at radius 2 is 2.15 bits per heavy atom. The molecule has 2 rings (SSSR count). The summed E-state index contributed by atoms with van der Waals surface area (Å²) in [4.78, 5) is 16.8. The molecule has 0 spiro atoms. The number of carbonyl (C=O) groups is 1. The Bertz CT molecular complexity index is 464. The minimum absolute atomic E-state index is 0.0818. The van der Waals surface area contributed by atoms with E-state index in [1.165, 1.54) is 4.88 Å². The molecule has 0 saturated carbocycles. The zero-order chi connectivity index (χ0) is 14.7. The molecule has 0 aromatic carbocycles. The number of amides is 1. The summed E-state index contributed by atoms with van der Waals surface area (Å²) in [5.41, 5.74) is 0. The van der Waals surface area contributed by atoms with Crippen molar-refractivity contribution in [3.8, 4) is 0 Å². The Morgan fingerprint density at radius 1 is 1.50 bits per heavy atom. The lowest BCUT2D eigenvalue weighted by molar-refractivity contribution is 0.0904. The van der Waals surface area contributed by atoms with Crippen LogP contribution in [0.25, 0.3) is 0 Å². The van der Waals surface area contributed by atoms with E-state index in [9.17, 15) is 4.79 Å². The van der Waals surface area contributed by atoms with Crippen molar-refractivity contribution in [2.75, 3.05) is 13.1 Å². The number of rotatable bonds is 4. The smallest absolute Gasteiger partial charge is 0.261 e. The molecule has 2 heterocycles. The van der Waals surface area contributed by atoms with Crippen LogP contribution in [-0.4, -0.2) is 36.0 Å². The maximum atomic E-state index is 12.3. The van der Waals surface area contributed by atoms with Gasteiger partial charge in [0.05, 0.1) is 4.88 Å². The Labute approximate surface area is 133 Å². The molecule has 1 aromatic heterocycles. The molecule has 5 heteroatoms. The van der Waals surface area contributed by atoms with E-state index in [0.717, 1.165) is 41.7 Å². The van der Waals surface area contributed by atoms with Crippen LogP contribution in [0.4, 0.5) is 0 Å². The topological polar surface area (TPSA) is 32.3 Å². The average Bonchev–Trinajstić information content (AvgIpc) is 2.80. The lowest BCUT2D eigenvalue weighted by Crippen LogP contribution is -2.46. The molecule has 1 aliphatic rings. The van der Waals surface area contributed by atoms with Gasteiger partial charge in [0, 0.05) is 34.5 Å². The summed E-state index contributed by atoms with van der Waals surface area (Å²) in [6, 6.07) is 2.87. The molecule has 1 aliphatic heterocycles. The van der Waals surface area contributed by atoms with Gasteiger partial charge in [-0.3, -0.25) is 4.79 Å². The van der Waals surface area contributed by atoms with Gasteiger partial charge in [0.2, 0.25) is 0 Å². The third-order valence-electron chi connectivity index (χ3n) is 3.90. The monoisotopic (exact) mass is 358 g/mol. The highest BCUT2D eigenvalue weighted by Gasteiger charge is 2.23. The molecule has 20 heavy (non-hydrogen) atoms. The van der Waals surface area contributed by atoms with Crippen LogP contribution in [0.5, 0.6) is 0 Å².